The second-order valence-electron chi connectivity index (χ2n) is 5.93. The highest BCUT2D eigenvalue weighted by Crippen LogP contribution is 2.30. The highest BCUT2D eigenvalue weighted by molar-refractivity contribution is 6.40. The zero-order valence-electron chi connectivity index (χ0n) is 14.4. The van der Waals surface area contributed by atoms with Crippen LogP contribution in [0.3, 0.4) is 0 Å². The molecule has 25 heavy (non-hydrogen) atoms. The highest BCUT2D eigenvalue weighted by atomic mass is 16.5. The van der Waals surface area contributed by atoms with Gasteiger partial charge in [-0.05, 0) is 38.0 Å². The van der Waals surface area contributed by atoms with Crippen molar-refractivity contribution in [3.05, 3.63) is 23.8 Å². The van der Waals surface area contributed by atoms with Crippen LogP contribution in [0.4, 0.5) is 11.4 Å². The average molecular weight is 349 g/mol. The van der Waals surface area contributed by atoms with Gasteiger partial charge in [-0.1, -0.05) is 0 Å². The Labute approximate surface area is 146 Å². The minimum absolute atomic E-state index is 0.268. The maximum Gasteiger partial charge on any atom is 0.337 e. The molecular weight excluding hydrogens is 326 g/mol. The van der Waals surface area contributed by atoms with E-state index in [2.05, 4.69) is 15.5 Å². The van der Waals surface area contributed by atoms with E-state index in [-0.39, 0.29) is 12.2 Å². The number of hydrogen-bond donors (Lipinski definition) is 3. The van der Waals surface area contributed by atoms with Crippen LogP contribution in [0.5, 0.6) is 0 Å². The van der Waals surface area contributed by atoms with E-state index in [9.17, 15) is 14.4 Å². The summed E-state index contributed by atoms with van der Waals surface area (Å²) < 4.78 is 4.70. The van der Waals surface area contributed by atoms with Crippen LogP contribution in [-0.2, 0) is 14.3 Å². The van der Waals surface area contributed by atoms with Crippen molar-refractivity contribution in [1.82, 2.24) is 5.32 Å². The number of benzene rings is 1. The molecule has 2 amide bonds. The van der Waals surface area contributed by atoms with E-state index in [1.165, 1.54) is 13.2 Å². The topological polar surface area (TPSA) is 108 Å². The number of hydrogen-bond acceptors (Lipinski definition) is 6. The molecule has 0 saturated carbocycles. The number of carbonyl (C=O) groups excluding carboxylic acids is 3. The Kier molecular flexibility index (Phi) is 6.35. The molecule has 8 heteroatoms. The number of anilines is 2. The molecule has 1 aliphatic heterocycles. The lowest BCUT2D eigenvalue weighted by Crippen LogP contribution is -2.42. The molecular formula is C17H23N3O5. The predicted octanol–water partition coefficient (Wildman–Crippen LogP) is 0.509. The van der Waals surface area contributed by atoms with Gasteiger partial charge >= 0.3 is 17.8 Å². The molecule has 1 aromatic rings. The number of nitrogens with zero attached hydrogens (tertiary/aromatic N) is 1. The molecule has 0 aromatic heterocycles. The van der Waals surface area contributed by atoms with Gasteiger partial charge in [-0.15, -0.1) is 0 Å². The minimum Gasteiger partial charge on any atom is -0.465 e. The minimum atomic E-state index is -0.859. The van der Waals surface area contributed by atoms with Crippen molar-refractivity contribution >= 4 is 29.2 Å². The van der Waals surface area contributed by atoms with Gasteiger partial charge in [0.15, 0.2) is 0 Å². The Balaban J connectivity index is 2.24. The molecule has 0 spiro atoms. The number of ether oxygens (including phenoxy) is 1. The quantitative estimate of drug-likeness (QED) is 0.528. The van der Waals surface area contributed by atoms with Crippen molar-refractivity contribution in [1.29, 1.82) is 0 Å². The molecule has 1 aliphatic rings. The fourth-order valence-corrected chi connectivity index (χ4v) is 2.63. The summed E-state index contributed by atoms with van der Waals surface area (Å²) in [6, 6.07) is 4.34. The molecule has 0 aliphatic carbocycles. The molecule has 0 bridgehead atoms. The van der Waals surface area contributed by atoms with Crippen LogP contribution in [0.15, 0.2) is 18.2 Å². The first-order valence-electron chi connectivity index (χ1n) is 8.16. The van der Waals surface area contributed by atoms with Crippen molar-refractivity contribution in [2.45, 2.75) is 25.8 Å². The monoisotopic (exact) mass is 349 g/mol. The number of rotatable bonds is 5. The molecule has 0 radical (unpaired) electrons. The summed E-state index contributed by atoms with van der Waals surface area (Å²) in [7, 11) is 1.28. The number of carbonyl (C=O) groups is 3. The van der Waals surface area contributed by atoms with E-state index in [0.29, 0.717) is 5.69 Å². The van der Waals surface area contributed by atoms with Gasteiger partial charge in [-0.2, -0.15) is 0 Å². The third-order valence-electron chi connectivity index (χ3n) is 3.97. The van der Waals surface area contributed by atoms with E-state index in [1.54, 1.807) is 19.1 Å². The van der Waals surface area contributed by atoms with E-state index < -0.39 is 23.8 Å². The zero-order chi connectivity index (χ0) is 18.4. The van der Waals surface area contributed by atoms with Gasteiger partial charge in [0.05, 0.1) is 30.7 Å². The van der Waals surface area contributed by atoms with E-state index in [4.69, 9.17) is 9.84 Å². The lowest BCUT2D eigenvalue weighted by Gasteiger charge is -2.22. The first-order valence-corrected chi connectivity index (χ1v) is 8.16. The van der Waals surface area contributed by atoms with E-state index in [0.717, 1.165) is 31.6 Å². The summed E-state index contributed by atoms with van der Waals surface area (Å²) in [5, 5.41) is 13.9. The van der Waals surface area contributed by atoms with Crippen LogP contribution < -0.4 is 15.5 Å². The van der Waals surface area contributed by atoms with Gasteiger partial charge in [0.2, 0.25) is 0 Å². The highest BCUT2D eigenvalue weighted by Gasteiger charge is 2.22. The van der Waals surface area contributed by atoms with E-state index in [1.807, 2.05) is 0 Å². The fourth-order valence-electron chi connectivity index (χ4n) is 2.63. The first-order chi connectivity index (χ1) is 12.0. The van der Waals surface area contributed by atoms with Gasteiger partial charge < -0.3 is 25.4 Å². The Morgan fingerprint density at radius 2 is 1.92 bits per heavy atom. The SMILES string of the molecule is COC(=O)c1ccc(N2CCCC2)c(NC(=O)C(=O)N[C@H](C)CO)c1. The van der Waals surface area contributed by atoms with Crippen molar-refractivity contribution in [3.63, 3.8) is 0 Å². The summed E-state index contributed by atoms with van der Waals surface area (Å²) in [5.41, 5.74) is 1.41. The van der Waals surface area contributed by atoms with E-state index >= 15 is 0 Å². The third-order valence-corrected chi connectivity index (χ3v) is 3.97. The van der Waals surface area contributed by atoms with Crippen LogP contribution in [0.1, 0.15) is 30.1 Å². The number of aliphatic hydroxyl groups excluding tert-OH is 1. The standard InChI is InChI=1S/C17H23N3O5/c1-11(10-21)18-15(22)16(23)19-13-9-12(17(24)25-2)5-6-14(13)20-7-3-4-8-20/h5-6,9,11,21H,3-4,7-8,10H2,1-2H3,(H,18,22)(H,19,23)/t11-/m1/s1. The molecule has 1 atom stereocenters. The average Bonchev–Trinajstić information content (AvgIpc) is 3.15. The van der Waals surface area contributed by atoms with Crippen LogP contribution in [0.25, 0.3) is 0 Å². The Morgan fingerprint density at radius 1 is 1.24 bits per heavy atom. The Morgan fingerprint density at radius 3 is 2.52 bits per heavy atom. The number of nitrogens with one attached hydrogen (secondary N) is 2. The van der Waals surface area contributed by atoms with Gasteiger partial charge in [-0.3, -0.25) is 9.59 Å². The maximum atomic E-state index is 12.1. The van der Waals surface area contributed by atoms with Crippen LogP contribution >= 0.6 is 0 Å². The summed E-state index contributed by atoms with van der Waals surface area (Å²) >= 11 is 0. The summed E-state index contributed by atoms with van der Waals surface area (Å²) in [6.45, 7) is 3.00. The summed E-state index contributed by atoms with van der Waals surface area (Å²) in [5.74, 6) is -2.23. The molecule has 1 fully saturated rings. The summed E-state index contributed by atoms with van der Waals surface area (Å²) in [6.07, 6.45) is 2.08. The van der Waals surface area contributed by atoms with Crippen LogP contribution in [0.2, 0.25) is 0 Å². The molecule has 3 N–H and O–H groups in total. The van der Waals surface area contributed by atoms with Gasteiger partial charge in [0.1, 0.15) is 0 Å². The second-order valence-corrected chi connectivity index (χ2v) is 5.93. The molecule has 2 rings (SSSR count). The maximum absolute atomic E-state index is 12.1. The Bertz CT molecular complexity index is 656. The molecule has 136 valence electrons. The van der Waals surface area contributed by atoms with Crippen molar-refractivity contribution in [3.8, 4) is 0 Å². The lowest BCUT2D eigenvalue weighted by atomic mass is 10.1. The van der Waals surface area contributed by atoms with Gasteiger partial charge in [0, 0.05) is 19.1 Å². The van der Waals surface area contributed by atoms with Crippen molar-refractivity contribution in [2.75, 3.05) is 37.0 Å². The zero-order valence-corrected chi connectivity index (χ0v) is 14.4. The van der Waals surface area contributed by atoms with Crippen LogP contribution in [0, 0.1) is 0 Å². The first kappa shape index (κ1) is 18.7. The summed E-state index contributed by atoms with van der Waals surface area (Å²) in [4.78, 5) is 37.9. The third kappa shape index (κ3) is 4.69. The molecule has 1 saturated heterocycles. The lowest BCUT2D eigenvalue weighted by molar-refractivity contribution is -0.136. The number of aliphatic hydroxyl groups is 1. The fraction of sp³-hybridized carbons (Fsp3) is 0.471. The Hall–Kier alpha value is -2.61. The number of methoxy groups -OCH3 is 1. The van der Waals surface area contributed by atoms with Crippen molar-refractivity contribution < 1.29 is 24.2 Å². The van der Waals surface area contributed by atoms with Crippen LogP contribution in [-0.4, -0.2) is 55.7 Å². The smallest absolute Gasteiger partial charge is 0.337 e. The molecule has 1 aromatic carbocycles. The normalized spacial score (nSPS) is 14.8. The largest absolute Gasteiger partial charge is 0.465 e. The number of esters is 1. The predicted molar refractivity (Wildman–Crippen MR) is 92.5 cm³/mol. The number of amides is 2. The molecule has 8 nitrogen and oxygen atoms in total. The second kappa shape index (κ2) is 8.48. The molecule has 1 heterocycles. The molecule has 0 unspecified atom stereocenters. The van der Waals surface area contributed by atoms with Crippen molar-refractivity contribution in [2.24, 2.45) is 0 Å². The van der Waals surface area contributed by atoms with Gasteiger partial charge in [0.25, 0.3) is 0 Å². The van der Waals surface area contributed by atoms with Gasteiger partial charge in [-0.25, -0.2) is 4.79 Å².